The fraction of sp³-hybridized carbons (Fsp3) is 0.364. The van der Waals surface area contributed by atoms with Crippen LogP contribution >= 0.6 is 11.6 Å². The molecule has 0 aliphatic carbocycles. The number of nitrogens with zero attached hydrogens (tertiary/aromatic N) is 1. The Morgan fingerprint density at radius 2 is 1.75 bits per heavy atom. The van der Waals surface area contributed by atoms with Crippen LogP contribution < -0.4 is 10.6 Å². The highest BCUT2D eigenvalue weighted by atomic mass is 35.5. The third-order valence-electron chi connectivity index (χ3n) is 5.57. The lowest BCUT2D eigenvalue weighted by Crippen LogP contribution is -2.61. The van der Waals surface area contributed by atoms with Crippen LogP contribution in [0.4, 0.5) is 0 Å². The number of rotatable bonds is 5. The van der Waals surface area contributed by atoms with Crippen LogP contribution in [0.2, 0.25) is 5.02 Å². The minimum Gasteiger partial charge on any atom is -0.342 e. The largest absolute Gasteiger partial charge is 0.342 e. The quantitative estimate of drug-likeness (QED) is 0.814. The molecule has 0 saturated carbocycles. The Morgan fingerprint density at radius 3 is 2.46 bits per heavy atom. The van der Waals surface area contributed by atoms with Gasteiger partial charge in [-0.1, -0.05) is 53.6 Å². The van der Waals surface area contributed by atoms with Gasteiger partial charge in [0.15, 0.2) is 0 Å². The molecule has 2 aromatic rings. The van der Waals surface area contributed by atoms with Crippen LogP contribution in [0.25, 0.3) is 0 Å². The van der Waals surface area contributed by atoms with Crippen molar-refractivity contribution >= 4 is 23.4 Å². The first-order valence-corrected chi connectivity index (χ1v) is 10.0. The number of piperazine rings is 1. The lowest BCUT2D eigenvalue weighted by Gasteiger charge is -2.34. The molecule has 5 nitrogen and oxygen atoms in total. The van der Waals surface area contributed by atoms with E-state index in [9.17, 15) is 9.59 Å². The number of halogens is 1. The van der Waals surface area contributed by atoms with Crippen LogP contribution in [0.5, 0.6) is 0 Å². The molecule has 2 amide bonds. The molecule has 2 aliphatic heterocycles. The van der Waals surface area contributed by atoms with Crippen molar-refractivity contribution in [1.82, 2.24) is 15.5 Å². The van der Waals surface area contributed by atoms with Crippen LogP contribution in [0.1, 0.15) is 23.1 Å². The zero-order valence-electron chi connectivity index (χ0n) is 15.8. The van der Waals surface area contributed by atoms with Crippen molar-refractivity contribution in [2.75, 3.05) is 6.54 Å². The summed E-state index contributed by atoms with van der Waals surface area (Å²) in [5, 5.41) is 7.06. The van der Waals surface area contributed by atoms with Gasteiger partial charge in [-0.2, -0.15) is 0 Å². The van der Waals surface area contributed by atoms with Gasteiger partial charge < -0.3 is 15.5 Å². The van der Waals surface area contributed by atoms with Gasteiger partial charge in [-0.05, 0) is 36.6 Å². The number of hydrogen-bond acceptors (Lipinski definition) is 3. The first-order chi connectivity index (χ1) is 13.5. The van der Waals surface area contributed by atoms with E-state index < -0.39 is 6.04 Å². The molecule has 0 aromatic heterocycles. The summed E-state index contributed by atoms with van der Waals surface area (Å²) in [6.07, 6.45) is 1.13. The molecular weight excluding hydrogens is 374 g/mol. The van der Waals surface area contributed by atoms with E-state index in [2.05, 4.69) is 41.8 Å². The van der Waals surface area contributed by atoms with Crippen molar-refractivity contribution in [2.24, 2.45) is 0 Å². The molecule has 2 N–H and O–H groups in total. The number of aryl methyl sites for hydroxylation is 1. The van der Waals surface area contributed by atoms with Crippen molar-refractivity contribution in [3.8, 4) is 0 Å². The standard InChI is InChI=1S/C22H24ClN3O2/c1-14-2-4-16(5-3-14)12-24-18-11-20-21(27)25-19(22(28)26(20)13-18)10-15-6-8-17(23)9-7-15/h2-9,18-20,24H,10-13H2,1H3,(H,25,27)/t18-,19-,20-/m0/s1. The van der Waals surface area contributed by atoms with Gasteiger partial charge in [0.25, 0.3) is 0 Å². The van der Waals surface area contributed by atoms with Crippen molar-refractivity contribution in [3.63, 3.8) is 0 Å². The third-order valence-corrected chi connectivity index (χ3v) is 5.82. The smallest absolute Gasteiger partial charge is 0.246 e. The molecule has 0 radical (unpaired) electrons. The van der Waals surface area contributed by atoms with Crippen LogP contribution in [-0.2, 0) is 22.6 Å². The number of fused-ring (bicyclic) bond motifs is 1. The highest BCUT2D eigenvalue weighted by Crippen LogP contribution is 2.24. The summed E-state index contributed by atoms with van der Waals surface area (Å²) >= 11 is 5.93. The number of amides is 2. The molecule has 4 rings (SSSR count). The van der Waals surface area contributed by atoms with Crippen LogP contribution in [0, 0.1) is 6.92 Å². The summed E-state index contributed by atoms with van der Waals surface area (Å²) in [7, 11) is 0. The van der Waals surface area contributed by atoms with Gasteiger partial charge in [0.2, 0.25) is 11.8 Å². The normalized spacial score (nSPS) is 24.2. The molecule has 2 aromatic carbocycles. The number of nitrogens with one attached hydrogen (secondary N) is 2. The Kier molecular flexibility index (Phi) is 5.38. The van der Waals surface area contributed by atoms with E-state index in [1.165, 1.54) is 11.1 Å². The fourth-order valence-corrected chi connectivity index (χ4v) is 4.09. The molecule has 2 aliphatic rings. The first kappa shape index (κ1) is 19.0. The summed E-state index contributed by atoms with van der Waals surface area (Å²) < 4.78 is 0. The zero-order chi connectivity index (χ0) is 19.7. The predicted octanol–water partition coefficient (Wildman–Crippen LogP) is 2.45. The molecule has 0 spiro atoms. The van der Waals surface area contributed by atoms with Crippen LogP contribution in [0.15, 0.2) is 48.5 Å². The van der Waals surface area contributed by atoms with Gasteiger partial charge in [0.05, 0.1) is 0 Å². The predicted molar refractivity (Wildman–Crippen MR) is 109 cm³/mol. The van der Waals surface area contributed by atoms with E-state index in [1.807, 2.05) is 12.1 Å². The second-order valence-electron chi connectivity index (χ2n) is 7.70. The fourth-order valence-electron chi connectivity index (χ4n) is 3.97. The molecule has 2 heterocycles. The van der Waals surface area contributed by atoms with E-state index >= 15 is 0 Å². The van der Waals surface area contributed by atoms with Gasteiger partial charge in [-0.25, -0.2) is 0 Å². The number of benzene rings is 2. The molecule has 2 fully saturated rings. The molecule has 6 heteroatoms. The average molecular weight is 398 g/mol. The minimum absolute atomic E-state index is 0.000754. The summed E-state index contributed by atoms with van der Waals surface area (Å²) in [4.78, 5) is 27.3. The van der Waals surface area contributed by atoms with Crippen molar-refractivity contribution in [1.29, 1.82) is 0 Å². The summed E-state index contributed by atoms with van der Waals surface area (Å²) in [6.45, 7) is 3.37. The Balaban J connectivity index is 1.38. The maximum absolute atomic E-state index is 12.9. The van der Waals surface area contributed by atoms with E-state index in [0.29, 0.717) is 24.4 Å². The van der Waals surface area contributed by atoms with E-state index in [-0.39, 0.29) is 23.9 Å². The zero-order valence-corrected chi connectivity index (χ0v) is 16.6. The highest BCUT2D eigenvalue weighted by molar-refractivity contribution is 6.30. The van der Waals surface area contributed by atoms with Crippen LogP contribution in [-0.4, -0.2) is 41.4 Å². The number of carbonyl (C=O) groups excluding carboxylic acids is 2. The lowest BCUT2D eigenvalue weighted by atomic mass is 10.0. The minimum atomic E-state index is -0.513. The van der Waals surface area contributed by atoms with E-state index in [0.717, 1.165) is 12.1 Å². The van der Waals surface area contributed by atoms with Gasteiger partial charge in [0, 0.05) is 30.6 Å². The van der Waals surface area contributed by atoms with Gasteiger partial charge in [0.1, 0.15) is 12.1 Å². The molecule has 0 unspecified atom stereocenters. The Hall–Kier alpha value is -2.37. The van der Waals surface area contributed by atoms with Gasteiger partial charge in [-0.3, -0.25) is 9.59 Å². The number of hydrogen-bond donors (Lipinski definition) is 2. The Bertz CT molecular complexity index is 866. The van der Waals surface area contributed by atoms with Gasteiger partial charge >= 0.3 is 0 Å². The third kappa shape index (κ3) is 4.05. The molecule has 0 bridgehead atoms. The van der Waals surface area contributed by atoms with E-state index in [1.54, 1.807) is 17.0 Å². The molecule has 28 heavy (non-hydrogen) atoms. The maximum Gasteiger partial charge on any atom is 0.246 e. The second kappa shape index (κ2) is 7.94. The van der Waals surface area contributed by atoms with E-state index in [4.69, 9.17) is 11.6 Å². The SMILES string of the molecule is Cc1ccc(CN[C@H]2C[C@H]3C(=O)N[C@@H](Cc4ccc(Cl)cc4)C(=O)N3C2)cc1. The molecular formula is C22H24ClN3O2. The summed E-state index contributed by atoms with van der Waals surface area (Å²) in [5.74, 6) is -0.0580. The lowest BCUT2D eigenvalue weighted by molar-refractivity contribution is -0.147. The first-order valence-electron chi connectivity index (χ1n) is 9.64. The van der Waals surface area contributed by atoms with Crippen LogP contribution in [0.3, 0.4) is 0 Å². The Morgan fingerprint density at radius 1 is 1.07 bits per heavy atom. The maximum atomic E-state index is 12.9. The topological polar surface area (TPSA) is 61.4 Å². The average Bonchev–Trinajstić information content (AvgIpc) is 3.12. The Labute approximate surface area is 170 Å². The molecule has 146 valence electrons. The second-order valence-corrected chi connectivity index (χ2v) is 8.13. The van der Waals surface area contributed by atoms with Gasteiger partial charge in [-0.15, -0.1) is 0 Å². The summed E-state index contributed by atoms with van der Waals surface area (Å²) in [5.41, 5.74) is 3.41. The molecule has 2 saturated heterocycles. The van der Waals surface area contributed by atoms with Crippen molar-refractivity contribution in [3.05, 3.63) is 70.2 Å². The highest BCUT2D eigenvalue weighted by Gasteiger charge is 2.46. The monoisotopic (exact) mass is 397 g/mol. The van der Waals surface area contributed by atoms with Crippen molar-refractivity contribution in [2.45, 2.75) is 44.4 Å². The summed E-state index contributed by atoms with van der Waals surface area (Å²) in [6, 6.07) is 15.0. The molecule has 3 atom stereocenters. The number of carbonyl (C=O) groups is 2. The van der Waals surface area contributed by atoms with Crippen molar-refractivity contribution < 1.29 is 9.59 Å².